The van der Waals surface area contributed by atoms with E-state index in [9.17, 15) is 18.0 Å². The van der Waals surface area contributed by atoms with Gasteiger partial charge in [0, 0.05) is 19.0 Å². The van der Waals surface area contributed by atoms with E-state index in [1.807, 2.05) is 81.4 Å². The van der Waals surface area contributed by atoms with E-state index in [1.54, 1.807) is 43.5 Å². The molecule has 1 N–H and O–H groups in total. The predicted octanol–water partition coefficient (Wildman–Crippen LogP) is 6.51. The van der Waals surface area contributed by atoms with Crippen LogP contribution in [0, 0.1) is 20.8 Å². The standard InChI is InChI=1S/C39H45N3O5S/c1-28-20-22-35(23-21-28)48(45,46)42(36-19-10-12-29(2)30(36)3)27-38(43)41(26-32-15-11-18-34(24-32)47-4)37(25-31-13-6-5-7-14-31)39(44)40-33-16-8-9-17-33/h5-7,10-15,18-24,33,37H,8-9,16-17,25-27H2,1-4H3,(H,40,44)/t37-/m0/s1. The van der Waals surface area contributed by atoms with Crippen LogP contribution in [0.25, 0.3) is 0 Å². The first-order valence-electron chi connectivity index (χ1n) is 16.5. The van der Waals surface area contributed by atoms with Crippen LogP contribution in [-0.2, 0) is 32.6 Å². The van der Waals surface area contributed by atoms with E-state index in [0.29, 0.717) is 11.4 Å². The van der Waals surface area contributed by atoms with E-state index in [1.165, 1.54) is 9.21 Å². The number of hydrogen-bond donors (Lipinski definition) is 1. The van der Waals surface area contributed by atoms with Gasteiger partial charge in [0.25, 0.3) is 10.0 Å². The van der Waals surface area contributed by atoms with Crippen LogP contribution >= 0.6 is 0 Å². The number of nitrogens with zero attached hydrogens (tertiary/aromatic N) is 2. The molecule has 0 unspecified atom stereocenters. The van der Waals surface area contributed by atoms with Crippen molar-refractivity contribution in [2.75, 3.05) is 18.0 Å². The molecular weight excluding hydrogens is 623 g/mol. The Morgan fingerprint density at radius 2 is 1.52 bits per heavy atom. The molecule has 1 aliphatic rings. The second-order valence-electron chi connectivity index (χ2n) is 12.6. The van der Waals surface area contributed by atoms with E-state index < -0.39 is 28.5 Å². The molecule has 8 nitrogen and oxygen atoms in total. The summed E-state index contributed by atoms with van der Waals surface area (Å²) < 4.78 is 35.4. The molecule has 0 bridgehead atoms. The zero-order valence-corrected chi connectivity index (χ0v) is 29.0. The Balaban J connectivity index is 1.60. The van der Waals surface area contributed by atoms with Gasteiger partial charge in [0.05, 0.1) is 17.7 Å². The molecule has 2 amide bonds. The van der Waals surface area contributed by atoms with Crippen LogP contribution in [-0.4, -0.2) is 50.9 Å². The number of ether oxygens (including phenoxy) is 1. The van der Waals surface area contributed by atoms with Crippen LogP contribution < -0.4 is 14.4 Å². The predicted molar refractivity (Wildman–Crippen MR) is 190 cm³/mol. The largest absolute Gasteiger partial charge is 0.497 e. The van der Waals surface area contributed by atoms with E-state index in [4.69, 9.17) is 4.74 Å². The molecule has 48 heavy (non-hydrogen) atoms. The number of hydrogen-bond acceptors (Lipinski definition) is 5. The van der Waals surface area contributed by atoms with Crippen molar-refractivity contribution in [3.05, 3.63) is 125 Å². The summed E-state index contributed by atoms with van der Waals surface area (Å²) in [5, 5.41) is 3.22. The number of nitrogens with one attached hydrogen (secondary N) is 1. The minimum Gasteiger partial charge on any atom is -0.497 e. The first-order chi connectivity index (χ1) is 23.1. The van der Waals surface area contributed by atoms with Gasteiger partial charge < -0.3 is 15.0 Å². The van der Waals surface area contributed by atoms with Crippen molar-refractivity contribution in [3.8, 4) is 5.75 Å². The highest BCUT2D eigenvalue weighted by Crippen LogP contribution is 2.30. The van der Waals surface area contributed by atoms with E-state index >= 15 is 0 Å². The highest BCUT2D eigenvalue weighted by Gasteiger charge is 2.36. The van der Waals surface area contributed by atoms with Crippen LogP contribution in [0.15, 0.2) is 102 Å². The lowest BCUT2D eigenvalue weighted by atomic mass is 10.0. The number of sulfonamides is 1. The average Bonchev–Trinajstić information content (AvgIpc) is 3.60. The minimum atomic E-state index is -4.18. The summed E-state index contributed by atoms with van der Waals surface area (Å²) in [6, 6.07) is 28.2. The Morgan fingerprint density at radius 3 is 2.21 bits per heavy atom. The second kappa shape index (κ2) is 15.5. The fourth-order valence-corrected chi connectivity index (χ4v) is 7.72. The lowest BCUT2D eigenvalue weighted by Crippen LogP contribution is -2.54. The Bertz CT molecular complexity index is 1820. The summed E-state index contributed by atoms with van der Waals surface area (Å²) in [5.74, 6) is -0.118. The number of carbonyl (C=O) groups excluding carboxylic acids is 2. The van der Waals surface area contributed by atoms with Gasteiger partial charge in [-0.25, -0.2) is 8.42 Å². The Kier molecular flexibility index (Phi) is 11.2. The van der Waals surface area contributed by atoms with Crippen molar-refractivity contribution in [3.63, 3.8) is 0 Å². The molecule has 1 saturated carbocycles. The molecule has 0 radical (unpaired) electrons. The van der Waals surface area contributed by atoms with E-state index in [-0.39, 0.29) is 29.8 Å². The summed E-state index contributed by atoms with van der Waals surface area (Å²) in [7, 11) is -2.60. The zero-order chi connectivity index (χ0) is 34.3. The maximum Gasteiger partial charge on any atom is 0.264 e. The lowest BCUT2D eigenvalue weighted by Gasteiger charge is -2.35. The summed E-state index contributed by atoms with van der Waals surface area (Å²) >= 11 is 0. The van der Waals surface area contributed by atoms with Crippen molar-refractivity contribution < 1.29 is 22.7 Å². The highest BCUT2D eigenvalue weighted by atomic mass is 32.2. The number of carbonyl (C=O) groups is 2. The first kappa shape index (κ1) is 34.7. The van der Waals surface area contributed by atoms with Crippen molar-refractivity contribution in [2.24, 2.45) is 0 Å². The van der Waals surface area contributed by atoms with Crippen LogP contribution in [0.1, 0.15) is 53.5 Å². The van der Waals surface area contributed by atoms with Crippen LogP contribution in [0.2, 0.25) is 0 Å². The number of benzene rings is 4. The fourth-order valence-electron chi connectivity index (χ4n) is 6.25. The molecule has 1 aliphatic carbocycles. The Hall–Kier alpha value is -4.63. The number of anilines is 1. The van der Waals surface area contributed by atoms with Crippen LogP contribution in [0.4, 0.5) is 5.69 Å². The van der Waals surface area contributed by atoms with E-state index in [2.05, 4.69) is 5.32 Å². The van der Waals surface area contributed by atoms with Crippen LogP contribution in [0.5, 0.6) is 5.75 Å². The quantitative estimate of drug-likeness (QED) is 0.175. The van der Waals surface area contributed by atoms with Gasteiger partial charge in [0.15, 0.2) is 0 Å². The van der Waals surface area contributed by atoms with Gasteiger partial charge >= 0.3 is 0 Å². The number of methoxy groups -OCH3 is 1. The molecule has 5 rings (SSSR count). The molecule has 0 heterocycles. The molecule has 1 fully saturated rings. The molecule has 0 aliphatic heterocycles. The topological polar surface area (TPSA) is 96.0 Å². The van der Waals surface area contributed by atoms with Gasteiger partial charge in [-0.2, -0.15) is 0 Å². The smallest absolute Gasteiger partial charge is 0.264 e. The molecule has 0 aromatic heterocycles. The van der Waals surface area contributed by atoms with E-state index in [0.717, 1.165) is 53.5 Å². The molecule has 252 valence electrons. The minimum absolute atomic E-state index is 0.0397. The van der Waals surface area contributed by atoms with Crippen molar-refractivity contribution >= 4 is 27.5 Å². The van der Waals surface area contributed by atoms with Gasteiger partial charge in [-0.3, -0.25) is 13.9 Å². The second-order valence-corrected chi connectivity index (χ2v) is 14.5. The van der Waals surface area contributed by atoms with Gasteiger partial charge in [-0.15, -0.1) is 0 Å². The third-order valence-electron chi connectivity index (χ3n) is 9.19. The van der Waals surface area contributed by atoms with Crippen LogP contribution in [0.3, 0.4) is 0 Å². The Labute approximate surface area is 284 Å². The Morgan fingerprint density at radius 1 is 0.854 bits per heavy atom. The number of rotatable bonds is 13. The average molecular weight is 668 g/mol. The number of amides is 2. The zero-order valence-electron chi connectivity index (χ0n) is 28.2. The highest BCUT2D eigenvalue weighted by molar-refractivity contribution is 7.92. The van der Waals surface area contributed by atoms with Gasteiger partial charge in [-0.05, 0) is 86.2 Å². The van der Waals surface area contributed by atoms with Gasteiger partial charge in [0.2, 0.25) is 11.8 Å². The summed E-state index contributed by atoms with van der Waals surface area (Å²) in [5.41, 5.74) is 4.64. The lowest BCUT2D eigenvalue weighted by molar-refractivity contribution is -0.140. The monoisotopic (exact) mass is 667 g/mol. The third kappa shape index (κ3) is 8.26. The SMILES string of the molecule is COc1cccc(CN(C(=O)CN(c2cccc(C)c2C)S(=O)(=O)c2ccc(C)cc2)[C@@H](Cc2ccccc2)C(=O)NC2CCCC2)c1. The van der Waals surface area contributed by atoms with Crippen molar-refractivity contribution in [2.45, 2.75) is 76.4 Å². The molecule has 0 saturated heterocycles. The normalized spacial score (nSPS) is 13.9. The first-order valence-corrected chi connectivity index (χ1v) is 17.9. The third-order valence-corrected chi connectivity index (χ3v) is 11.0. The maximum atomic E-state index is 14.8. The molecule has 4 aromatic carbocycles. The summed E-state index contributed by atoms with van der Waals surface area (Å²) in [6.45, 7) is 5.25. The number of aryl methyl sites for hydroxylation is 2. The molecular formula is C39H45N3O5S. The van der Waals surface area contributed by atoms with Crippen molar-refractivity contribution in [1.29, 1.82) is 0 Å². The maximum absolute atomic E-state index is 14.8. The van der Waals surface area contributed by atoms with Gasteiger partial charge in [0.1, 0.15) is 18.3 Å². The van der Waals surface area contributed by atoms with Gasteiger partial charge in [-0.1, -0.05) is 85.1 Å². The summed E-state index contributed by atoms with van der Waals surface area (Å²) in [4.78, 5) is 30.6. The fraction of sp³-hybridized carbons (Fsp3) is 0.333. The summed E-state index contributed by atoms with van der Waals surface area (Å²) in [6.07, 6.45) is 4.14. The molecule has 9 heteroatoms. The molecule has 4 aromatic rings. The molecule has 1 atom stereocenters. The molecule has 0 spiro atoms. The van der Waals surface area contributed by atoms with Crippen molar-refractivity contribution in [1.82, 2.24) is 10.2 Å².